The molecule has 0 radical (unpaired) electrons. The van der Waals surface area contributed by atoms with Crippen molar-refractivity contribution in [3.63, 3.8) is 0 Å². The lowest BCUT2D eigenvalue weighted by Crippen LogP contribution is -2.32. The van der Waals surface area contributed by atoms with Crippen LogP contribution in [0.25, 0.3) is 11.3 Å². The van der Waals surface area contributed by atoms with Gasteiger partial charge in [-0.2, -0.15) is 0 Å². The van der Waals surface area contributed by atoms with Gasteiger partial charge in [-0.25, -0.2) is 0 Å². The number of anilines is 1. The predicted molar refractivity (Wildman–Crippen MR) is 127 cm³/mol. The molecule has 2 aromatic heterocycles. The normalized spacial score (nSPS) is 13.2. The zero-order valence-corrected chi connectivity index (χ0v) is 20.2. The molecule has 32 heavy (non-hydrogen) atoms. The second-order valence-electron chi connectivity index (χ2n) is 7.51. The second kappa shape index (κ2) is 10.1. The number of halogens is 1. The van der Waals surface area contributed by atoms with E-state index >= 15 is 0 Å². The highest BCUT2D eigenvalue weighted by molar-refractivity contribution is 8.01. The molecule has 0 N–H and O–H groups in total. The van der Waals surface area contributed by atoms with E-state index in [9.17, 15) is 9.59 Å². The van der Waals surface area contributed by atoms with Gasteiger partial charge in [0.1, 0.15) is 11.5 Å². The molecule has 0 saturated heterocycles. The van der Waals surface area contributed by atoms with E-state index in [1.165, 1.54) is 23.1 Å². The maximum atomic E-state index is 12.6. The molecule has 0 unspecified atom stereocenters. The van der Waals surface area contributed by atoms with Crippen molar-refractivity contribution >= 4 is 51.6 Å². The molecule has 168 valence electrons. The van der Waals surface area contributed by atoms with Gasteiger partial charge in [-0.15, -0.1) is 10.2 Å². The summed E-state index contributed by atoms with van der Waals surface area (Å²) in [4.78, 5) is 28.2. The van der Waals surface area contributed by atoms with Crippen LogP contribution in [0.4, 0.5) is 5.13 Å². The van der Waals surface area contributed by atoms with Crippen molar-refractivity contribution in [3.05, 3.63) is 47.2 Å². The minimum absolute atomic E-state index is 0.0418. The summed E-state index contributed by atoms with van der Waals surface area (Å²) < 4.78 is 6.56. The van der Waals surface area contributed by atoms with Crippen molar-refractivity contribution in [2.24, 2.45) is 0 Å². The zero-order valence-electron chi connectivity index (χ0n) is 17.8. The maximum Gasteiger partial charge on any atom is 0.233 e. The van der Waals surface area contributed by atoms with Crippen molar-refractivity contribution in [3.8, 4) is 11.3 Å². The van der Waals surface area contributed by atoms with Gasteiger partial charge in [-0.3, -0.25) is 14.5 Å². The van der Waals surface area contributed by atoms with Gasteiger partial charge in [-0.05, 0) is 49.2 Å². The van der Waals surface area contributed by atoms with Gasteiger partial charge in [0, 0.05) is 30.1 Å². The molecule has 1 aromatic carbocycles. The van der Waals surface area contributed by atoms with Crippen molar-refractivity contribution in [2.75, 3.05) is 17.7 Å². The number of aromatic nitrogens is 2. The molecule has 0 spiro atoms. The minimum atomic E-state index is -0.0418. The fraction of sp³-hybridized carbons (Fsp3) is 0.364. The Morgan fingerprint density at radius 1 is 1.16 bits per heavy atom. The Kier molecular flexibility index (Phi) is 7.17. The first-order valence-electron chi connectivity index (χ1n) is 10.3. The molecule has 3 aromatic rings. The van der Waals surface area contributed by atoms with E-state index in [4.69, 9.17) is 16.0 Å². The van der Waals surface area contributed by atoms with E-state index < -0.39 is 0 Å². The van der Waals surface area contributed by atoms with Gasteiger partial charge >= 0.3 is 0 Å². The van der Waals surface area contributed by atoms with Crippen LogP contribution in [0.1, 0.15) is 31.9 Å². The SMILES string of the molecule is CCC(=O)N(c1nnc(SCC(=O)N(C)Cc2ccc(-c3ccc(Cl)cc3)o2)s1)C1CC1. The van der Waals surface area contributed by atoms with Crippen LogP contribution in [0.5, 0.6) is 0 Å². The fourth-order valence-electron chi connectivity index (χ4n) is 3.12. The van der Waals surface area contributed by atoms with E-state index in [2.05, 4.69) is 10.2 Å². The van der Waals surface area contributed by atoms with Crippen LogP contribution < -0.4 is 4.90 Å². The Bertz CT molecular complexity index is 1090. The van der Waals surface area contributed by atoms with Crippen molar-refractivity contribution < 1.29 is 14.0 Å². The highest BCUT2D eigenvalue weighted by Gasteiger charge is 2.35. The minimum Gasteiger partial charge on any atom is -0.459 e. The highest BCUT2D eigenvalue weighted by atomic mass is 35.5. The lowest BCUT2D eigenvalue weighted by Gasteiger charge is -2.17. The third-order valence-corrected chi connectivity index (χ3v) is 7.31. The molecule has 0 aliphatic heterocycles. The quantitative estimate of drug-likeness (QED) is 0.306. The molecule has 1 saturated carbocycles. The van der Waals surface area contributed by atoms with E-state index in [1.54, 1.807) is 16.8 Å². The molecule has 4 rings (SSSR count). The summed E-state index contributed by atoms with van der Waals surface area (Å²) in [5.41, 5.74) is 0.930. The van der Waals surface area contributed by atoms with Crippen LogP contribution in [0, 0.1) is 0 Å². The van der Waals surface area contributed by atoms with E-state index in [0.29, 0.717) is 33.2 Å². The van der Waals surface area contributed by atoms with Crippen LogP contribution in [0.2, 0.25) is 5.02 Å². The average Bonchev–Trinajstić information content (AvgIpc) is 3.32. The molecule has 10 heteroatoms. The Hall–Kier alpha value is -2.36. The molecule has 2 amide bonds. The van der Waals surface area contributed by atoms with Gasteiger partial charge < -0.3 is 9.32 Å². The molecule has 0 atom stereocenters. The summed E-state index contributed by atoms with van der Waals surface area (Å²) in [6, 6.07) is 11.4. The fourth-order valence-corrected chi connectivity index (χ4v) is 5.11. The number of hydrogen-bond donors (Lipinski definition) is 0. The first-order chi connectivity index (χ1) is 15.4. The summed E-state index contributed by atoms with van der Waals surface area (Å²) in [6.45, 7) is 2.22. The molecule has 7 nitrogen and oxygen atoms in total. The summed E-state index contributed by atoms with van der Waals surface area (Å²) in [6.07, 6.45) is 2.45. The molecular formula is C22H23ClN4O3S2. The Balaban J connectivity index is 1.30. The third-order valence-electron chi connectivity index (χ3n) is 5.01. The molecular weight excluding hydrogens is 468 g/mol. The number of hydrogen-bond acceptors (Lipinski definition) is 7. The largest absolute Gasteiger partial charge is 0.459 e. The van der Waals surface area contributed by atoms with Gasteiger partial charge in [-0.1, -0.05) is 41.6 Å². The predicted octanol–water partition coefficient (Wildman–Crippen LogP) is 5.11. The van der Waals surface area contributed by atoms with Gasteiger partial charge in [0.2, 0.25) is 16.9 Å². The van der Waals surface area contributed by atoms with Crippen LogP contribution in [0.3, 0.4) is 0 Å². The first-order valence-corrected chi connectivity index (χ1v) is 12.5. The number of amides is 2. The molecule has 2 heterocycles. The maximum absolute atomic E-state index is 12.6. The van der Waals surface area contributed by atoms with E-state index in [-0.39, 0.29) is 23.6 Å². The Labute approximate surface area is 199 Å². The standard InChI is InChI=1S/C22H23ClN4O3S2/c1-3-19(28)27(16-8-9-16)21-24-25-22(32-21)31-13-20(29)26(2)12-17-10-11-18(30-17)14-4-6-15(23)7-5-14/h4-7,10-11,16H,3,8-9,12-13H2,1-2H3. The van der Waals surface area contributed by atoms with E-state index in [0.717, 1.165) is 24.2 Å². The zero-order chi connectivity index (χ0) is 22.7. The number of rotatable bonds is 9. The van der Waals surface area contributed by atoms with Gasteiger partial charge in [0.15, 0.2) is 4.34 Å². The van der Waals surface area contributed by atoms with Crippen LogP contribution >= 0.6 is 34.7 Å². The number of carbonyl (C=O) groups is 2. The molecule has 0 bridgehead atoms. The van der Waals surface area contributed by atoms with Crippen LogP contribution in [-0.4, -0.2) is 45.8 Å². The topological polar surface area (TPSA) is 79.5 Å². The average molecular weight is 491 g/mol. The molecule has 1 aliphatic rings. The first kappa shape index (κ1) is 22.8. The summed E-state index contributed by atoms with van der Waals surface area (Å²) in [5, 5.41) is 9.63. The number of nitrogens with zero attached hydrogens (tertiary/aromatic N) is 4. The van der Waals surface area contributed by atoms with E-state index in [1.807, 2.05) is 43.3 Å². The smallest absolute Gasteiger partial charge is 0.233 e. The third kappa shape index (κ3) is 5.51. The summed E-state index contributed by atoms with van der Waals surface area (Å²) in [5.74, 6) is 1.69. The monoisotopic (exact) mass is 490 g/mol. The second-order valence-corrected chi connectivity index (χ2v) is 10.1. The van der Waals surface area contributed by atoms with Gasteiger partial charge in [0.25, 0.3) is 0 Å². The number of benzene rings is 1. The van der Waals surface area contributed by atoms with Crippen LogP contribution in [-0.2, 0) is 16.1 Å². The summed E-state index contributed by atoms with van der Waals surface area (Å²) >= 11 is 8.63. The molecule has 1 fully saturated rings. The summed E-state index contributed by atoms with van der Waals surface area (Å²) in [7, 11) is 1.74. The lowest BCUT2D eigenvalue weighted by atomic mass is 10.2. The highest BCUT2D eigenvalue weighted by Crippen LogP contribution is 2.36. The lowest BCUT2D eigenvalue weighted by molar-refractivity contribution is -0.127. The van der Waals surface area contributed by atoms with Crippen molar-refractivity contribution in [2.45, 2.75) is 43.1 Å². The van der Waals surface area contributed by atoms with Gasteiger partial charge in [0.05, 0.1) is 12.3 Å². The van der Waals surface area contributed by atoms with Crippen molar-refractivity contribution in [1.29, 1.82) is 0 Å². The van der Waals surface area contributed by atoms with Crippen molar-refractivity contribution in [1.82, 2.24) is 15.1 Å². The Morgan fingerprint density at radius 2 is 1.91 bits per heavy atom. The molecule has 1 aliphatic carbocycles. The Morgan fingerprint density at radius 3 is 2.59 bits per heavy atom. The number of furan rings is 1. The van der Waals surface area contributed by atoms with Crippen LogP contribution in [0.15, 0.2) is 45.2 Å². The number of carbonyl (C=O) groups excluding carboxylic acids is 2. The number of thioether (sulfide) groups is 1.